The van der Waals surface area contributed by atoms with Gasteiger partial charge in [0.2, 0.25) is 5.78 Å². The zero-order chi connectivity index (χ0) is 22.6. The predicted octanol–water partition coefficient (Wildman–Crippen LogP) is 3.13. The van der Waals surface area contributed by atoms with Crippen molar-refractivity contribution in [1.82, 2.24) is 0 Å². The van der Waals surface area contributed by atoms with Gasteiger partial charge in [0.05, 0.1) is 6.10 Å². The number of rotatable bonds is 5. The average Bonchev–Trinajstić information content (AvgIpc) is 3.00. The van der Waals surface area contributed by atoms with Gasteiger partial charge in [-0.1, -0.05) is 26.3 Å². The van der Waals surface area contributed by atoms with Crippen LogP contribution in [0.3, 0.4) is 0 Å². The lowest BCUT2D eigenvalue weighted by Crippen LogP contribution is -2.63. The van der Waals surface area contributed by atoms with Crippen molar-refractivity contribution in [3.8, 4) is 0 Å². The van der Waals surface area contributed by atoms with Crippen LogP contribution in [0.15, 0.2) is 11.6 Å². The molecule has 0 aromatic rings. The molecule has 0 bridgehead atoms. The van der Waals surface area contributed by atoms with Crippen LogP contribution >= 0.6 is 0 Å². The van der Waals surface area contributed by atoms with Crippen LogP contribution in [0.2, 0.25) is 0 Å². The Morgan fingerprint density at radius 1 is 1.19 bits per heavy atom. The monoisotopic (exact) mass is 432 g/mol. The highest BCUT2D eigenvalue weighted by atomic mass is 16.6. The summed E-state index contributed by atoms with van der Waals surface area (Å²) in [7, 11) is 0. The van der Waals surface area contributed by atoms with Crippen molar-refractivity contribution in [2.45, 2.75) is 90.3 Å². The molecular weight excluding hydrogens is 396 g/mol. The smallest absolute Gasteiger partial charge is 0.306 e. The van der Waals surface area contributed by atoms with Crippen LogP contribution in [0.25, 0.3) is 0 Å². The summed E-state index contributed by atoms with van der Waals surface area (Å²) in [5.74, 6) is -0.320. The van der Waals surface area contributed by atoms with E-state index in [1.54, 1.807) is 6.08 Å². The summed E-state index contributed by atoms with van der Waals surface area (Å²) in [6, 6.07) is 0. The molecule has 2 N–H and O–H groups in total. The highest BCUT2D eigenvalue weighted by molar-refractivity contribution is 5.92. The molecule has 0 aliphatic heterocycles. The largest absolute Gasteiger partial charge is 0.450 e. The molecule has 4 aliphatic carbocycles. The van der Waals surface area contributed by atoms with Gasteiger partial charge in [-0.25, -0.2) is 0 Å². The van der Waals surface area contributed by atoms with E-state index in [1.165, 1.54) is 0 Å². The summed E-state index contributed by atoms with van der Waals surface area (Å²) >= 11 is 0. The Kier molecular flexibility index (Phi) is 5.70. The first-order valence-electron chi connectivity index (χ1n) is 11.9. The third-order valence-corrected chi connectivity index (χ3v) is 9.35. The number of ether oxygens (including phenoxy) is 1. The number of fused-ring (bicyclic) bond motifs is 5. The lowest BCUT2D eigenvalue weighted by atomic mass is 9.45. The summed E-state index contributed by atoms with van der Waals surface area (Å²) in [5.41, 5.74) is -1.12. The first kappa shape index (κ1) is 22.7. The standard InChI is InChI=1S/C25H36O6/c1-4-5-21(30)31-25(20(29)14-26)11-9-18-17-7-6-15-12-16(27)8-10-23(15,2)22(17)19(28)13-24(18,25)3/h12,17-19,22,26,28H,4-11,13-14H2,1-3H3/t17-,18-,19+,22+,23-,24-,25-/m0/s1. The second kappa shape index (κ2) is 7.80. The number of aliphatic hydroxyl groups is 2. The van der Waals surface area contributed by atoms with E-state index in [-0.39, 0.29) is 35.4 Å². The van der Waals surface area contributed by atoms with Crippen molar-refractivity contribution in [3.63, 3.8) is 0 Å². The highest BCUT2D eigenvalue weighted by Gasteiger charge is 2.70. The summed E-state index contributed by atoms with van der Waals surface area (Å²) in [4.78, 5) is 37.6. The van der Waals surface area contributed by atoms with E-state index in [4.69, 9.17) is 4.74 Å². The minimum absolute atomic E-state index is 0.0325. The Morgan fingerprint density at radius 3 is 2.61 bits per heavy atom. The highest BCUT2D eigenvalue weighted by Crippen LogP contribution is 2.68. The lowest BCUT2D eigenvalue weighted by Gasteiger charge is -2.60. The molecular formula is C25H36O6. The molecule has 6 heteroatoms. The van der Waals surface area contributed by atoms with Crippen molar-refractivity contribution < 1.29 is 29.3 Å². The number of aliphatic hydroxyl groups excluding tert-OH is 2. The third-order valence-electron chi connectivity index (χ3n) is 9.35. The molecule has 0 heterocycles. The van der Waals surface area contributed by atoms with Crippen molar-refractivity contribution in [1.29, 1.82) is 0 Å². The molecule has 0 unspecified atom stereocenters. The summed E-state index contributed by atoms with van der Waals surface area (Å²) < 4.78 is 5.92. The molecule has 0 spiro atoms. The number of ketones is 2. The number of esters is 1. The first-order valence-corrected chi connectivity index (χ1v) is 11.9. The quantitative estimate of drug-likeness (QED) is 0.648. The van der Waals surface area contributed by atoms with Gasteiger partial charge >= 0.3 is 5.97 Å². The zero-order valence-electron chi connectivity index (χ0n) is 19.0. The molecule has 3 saturated carbocycles. The fraction of sp³-hybridized carbons (Fsp3) is 0.800. The van der Waals surface area contributed by atoms with Gasteiger partial charge in [-0.05, 0) is 74.2 Å². The maximum Gasteiger partial charge on any atom is 0.306 e. The van der Waals surface area contributed by atoms with E-state index in [2.05, 4.69) is 6.92 Å². The fourth-order valence-corrected chi connectivity index (χ4v) is 7.94. The molecule has 0 amide bonds. The van der Waals surface area contributed by atoms with E-state index in [9.17, 15) is 24.6 Å². The maximum atomic E-state index is 13.1. The van der Waals surface area contributed by atoms with Gasteiger partial charge in [0, 0.05) is 18.3 Å². The normalized spacial score (nSPS) is 44.0. The lowest BCUT2D eigenvalue weighted by molar-refractivity contribution is -0.202. The Morgan fingerprint density at radius 2 is 1.94 bits per heavy atom. The molecule has 4 rings (SSSR count). The average molecular weight is 433 g/mol. The third kappa shape index (κ3) is 3.16. The fourth-order valence-electron chi connectivity index (χ4n) is 7.94. The Hall–Kier alpha value is -1.53. The molecule has 0 radical (unpaired) electrons. The van der Waals surface area contributed by atoms with E-state index >= 15 is 0 Å². The summed E-state index contributed by atoms with van der Waals surface area (Å²) in [5, 5.41) is 21.3. The summed E-state index contributed by atoms with van der Waals surface area (Å²) in [6.07, 6.45) is 6.48. The molecule has 4 aliphatic rings. The van der Waals surface area contributed by atoms with Crippen molar-refractivity contribution in [3.05, 3.63) is 11.6 Å². The molecule has 31 heavy (non-hydrogen) atoms. The molecule has 0 aromatic heterocycles. The topological polar surface area (TPSA) is 101 Å². The summed E-state index contributed by atoms with van der Waals surface area (Å²) in [6.45, 7) is 5.39. The second-order valence-electron chi connectivity index (χ2n) is 10.7. The van der Waals surface area contributed by atoms with E-state index in [0.29, 0.717) is 25.7 Å². The first-order chi connectivity index (χ1) is 14.6. The van der Waals surface area contributed by atoms with Crippen LogP contribution in [0.4, 0.5) is 0 Å². The number of hydrogen-bond donors (Lipinski definition) is 2. The number of hydrogen-bond acceptors (Lipinski definition) is 6. The minimum atomic E-state index is -1.37. The Bertz CT molecular complexity index is 817. The molecule has 0 saturated heterocycles. The Labute approximate surface area is 184 Å². The van der Waals surface area contributed by atoms with E-state index < -0.39 is 35.5 Å². The number of Topliss-reactive ketones (excluding diaryl/α,β-unsaturated/α-hetero) is 1. The van der Waals surface area contributed by atoms with Crippen LogP contribution < -0.4 is 0 Å². The van der Waals surface area contributed by atoms with Gasteiger partial charge in [0.1, 0.15) is 6.61 Å². The van der Waals surface area contributed by atoms with Crippen LogP contribution in [0.1, 0.15) is 78.6 Å². The van der Waals surface area contributed by atoms with Gasteiger partial charge in [-0.3, -0.25) is 14.4 Å². The van der Waals surface area contributed by atoms with Crippen LogP contribution in [-0.4, -0.2) is 46.1 Å². The van der Waals surface area contributed by atoms with Crippen LogP contribution in [0, 0.1) is 28.6 Å². The van der Waals surface area contributed by atoms with Crippen molar-refractivity contribution >= 4 is 17.5 Å². The minimum Gasteiger partial charge on any atom is -0.450 e. The SMILES string of the molecule is CCCC(=O)O[C@]1(C(=O)CO)CC[C@H]2[C@@H]3CCC4=CC(=O)CC[C@]4(C)[C@H]3[C@H](O)C[C@@]21C. The number of carbonyl (C=O) groups excluding carboxylic acids is 3. The maximum absolute atomic E-state index is 13.1. The van der Waals surface area contributed by atoms with Crippen LogP contribution in [-0.2, 0) is 19.1 Å². The Balaban J connectivity index is 1.73. The molecule has 6 nitrogen and oxygen atoms in total. The predicted molar refractivity (Wildman–Crippen MR) is 114 cm³/mol. The van der Waals surface area contributed by atoms with E-state index in [0.717, 1.165) is 31.3 Å². The number of allylic oxidation sites excluding steroid dienone is 1. The van der Waals surface area contributed by atoms with Gasteiger partial charge in [0.25, 0.3) is 0 Å². The van der Waals surface area contributed by atoms with Crippen molar-refractivity contribution in [2.24, 2.45) is 28.6 Å². The molecule has 0 aromatic carbocycles. The molecule has 7 atom stereocenters. The van der Waals surface area contributed by atoms with Gasteiger partial charge < -0.3 is 14.9 Å². The van der Waals surface area contributed by atoms with Gasteiger partial charge in [-0.15, -0.1) is 0 Å². The number of carbonyl (C=O) groups is 3. The van der Waals surface area contributed by atoms with Gasteiger partial charge in [-0.2, -0.15) is 0 Å². The second-order valence-corrected chi connectivity index (χ2v) is 10.7. The van der Waals surface area contributed by atoms with Crippen molar-refractivity contribution in [2.75, 3.05) is 6.61 Å². The van der Waals surface area contributed by atoms with Crippen LogP contribution in [0.5, 0.6) is 0 Å². The van der Waals surface area contributed by atoms with Gasteiger partial charge in [0.15, 0.2) is 11.4 Å². The zero-order valence-corrected chi connectivity index (χ0v) is 19.0. The molecule has 172 valence electrons. The van der Waals surface area contributed by atoms with E-state index in [1.807, 2.05) is 13.8 Å². The molecule has 3 fully saturated rings.